The number of carbonyl (C=O) groups is 4. The molecule has 0 radical (unpaired) electrons. The smallest absolute Gasteiger partial charge is 0.330 e. The van der Waals surface area contributed by atoms with Crippen molar-refractivity contribution in [1.29, 1.82) is 0 Å². The molecule has 7 atom stereocenters. The molecule has 1 fully saturated rings. The third-order valence-corrected chi connectivity index (χ3v) is 11.2. The fourth-order valence-electron chi connectivity index (χ4n) is 9.07. The SMILES string of the molecule is CC(=O)OC1CC2(C)C3=C(C(=O)CC2(C)C1C(C)CCC=C(C)C(=O)O)C1(C)C=CC(=O)C(C)(C)C1CC3. The molecule has 0 aliphatic heterocycles. The zero-order valence-electron chi connectivity index (χ0n) is 24.3. The largest absolute Gasteiger partial charge is 0.478 e. The summed E-state index contributed by atoms with van der Waals surface area (Å²) in [4.78, 5) is 50.5. The third-order valence-electron chi connectivity index (χ3n) is 11.2. The number of fused-ring (bicyclic) bond motifs is 4. The van der Waals surface area contributed by atoms with E-state index in [0.717, 1.165) is 24.8 Å². The number of carboxylic acid groups (broad SMARTS) is 1. The standard InChI is InChI=1S/C32H44O6/c1-18(10-9-11-19(2)28(36)37)26-23(38-20(3)33)17-31(7)21-12-13-24-29(4,5)25(35)14-15-30(24,6)27(21)22(34)16-32(26,31)8/h11,14-15,18,23-24,26H,9-10,12-13,16-17H2,1-8H3,(H,36,37). The van der Waals surface area contributed by atoms with Gasteiger partial charge in [0.2, 0.25) is 0 Å². The Kier molecular flexibility index (Phi) is 6.98. The van der Waals surface area contributed by atoms with Crippen LogP contribution in [-0.2, 0) is 23.9 Å². The molecule has 0 heterocycles. The van der Waals surface area contributed by atoms with Crippen LogP contribution in [0.5, 0.6) is 0 Å². The number of rotatable bonds is 6. The first kappa shape index (κ1) is 28.5. The molecule has 38 heavy (non-hydrogen) atoms. The summed E-state index contributed by atoms with van der Waals surface area (Å²) in [6.07, 6.45) is 9.13. The van der Waals surface area contributed by atoms with Crippen molar-refractivity contribution in [2.24, 2.45) is 39.4 Å². The predicted molar refractivity (Wildman–Crippen MR) is 145 cm³/mol. The highest BCUT2D eigenvalue weighted by atomic mass is 16.5. The Labute approximate surface area is 227 Å². The first-order chi connectivity index (χ1) is 17.5. The van der Waals surface area contributed by atoms with E-state index in [1.807, 2.05) is 19.9 Å². The number of ether oxygens (including phenoxy) is 1. The van der Waals surface area contributed by atoms with Gasteiger partial charge in [-0.05, 0) is 67.8 Å². The minimum absolute atomic E-state index is 0.0293. The Morgan fingerprint density at radius 1 is 1.16 bits per heavy atom. The molecule has 4 rings (SSSR count). The summed E-state index contributed by atoms with van der Waals surface area (Å²) >= 11 is 0. The molecule has 0 aromatic carbocycles. The molecule has 4 aliphatic carbocycles. The minimum atomic E-state index is -0.918. The van der Waals surface area contributed by atoms with Gasteiger partial charge >= 0.3 is 11.9 Å². The van der Waals surface area contributed by atoms with E-state index >= 15 is 0 Å². The first-order valence-electron chi connectivity index (χ1n) is 14.1. The first-order valence-corrected chi connectivity index (χ1v) is 14.1. The second-order valence-corrected chi connectivity index (χ2v) is 13.6. The Balaban J connectivity index is 1.79. The van der Waals surface area contributed by atoms with Crippen LogP contribution < -0.4 is 0 Å². The molecule has 7 unspecified atom stereocenters. The van der Waals surface area contributed by atoms with Crippen LogP contribution in [0.2, 0.25) is 0 Å². The molecule has 4 aliphatic rings. The molecule has 0 saturated heterocycles. The molecular weight excluding hydrogens is 480 g/mol. The van der Waals surface area contributed by atoms with Gasteiger partial charge in [0.05, 0.1) is 0 Å². The van der Waals surface area contributed by atoms with Gasteiger partial charge in [-0.1, -0.05) is 59.3 Å². The molecular formula is C32H44O6. The van der Waals surface area contributed by atoms with Crippen molar-refractivity contribution in [2.75, 3.05) is 0 Å². The van der Waals surface area contributed by atoms with Crippen LogP contribution in [0.3, 0.4) is 0 Å². The van der Waals surface area contributed by atoms with Crippen LogP contribution in [0.4, 0.5) is 0 Å². The maximum absolute atomic E-state index is 14.2. The van der Waals surface area contributed by atoms with E-state index < -0.39 is 22.2 Å². The fourth-order valence-corrected chi connectivity index (χ4v) is 9.07. The average molecular weight is 525 g/mol. The molecule has 6 nitrogen and oxygen atoms in total. The minimum Gasteiger partial charge on any atom is -0.478 e. The second kappa shape index (κ2) is 9.31. The summed E-state index contributed by atoms with van der Waals surface area (Å²) < 4.78 is 5.99. The zero-order valence-corrected chi connectivity index (χ0v) is 24.3. The van der Waals surface area contributed by atoms with Crippen molar-refractivity contribution in [1.82, 2.24) is 0 Å². The number of carbonyl (C=O) groups excluding carboxylic acids is 3. The molecule has 0 spiro atoms. The van der Waals surface area contributed by atoms with Crippen LogP contribution in [0.25, 0.3) is 0 Å². The molecule has 6 heteroatoms. The van der Waals surface area contributed by atoms with E-state index in [2.05, 4.69) is 27.7 Å². The summed E-state index contributed by atoms with van der Waals surface area (Å²) in [6, 6.07) is 0. The van der Waals surface area contributed by atoms with Gasteiger partial charge < -0.3 is 9.84 Å². The van der Waals surface area contributed by atoms with Crippen LogP contribution in [0, 0.1) is 39.4 Å². The Bertz CT molecular complexity index is 1170. The van der Waals surface area contributed by atoms with Gasteiger partial charge in [0.25, 0.3) is 0 Å². The van der Waals surface area contributed by atoms with Gasteiger partial charge in [0.1, 0.15) is 6.10 Å². The van der Waals surface area contributed by atoms with Crippen LogP contribution in [-0.4, -0.2) is 34.7 Å². The Morgan fingerprint density at radius 2 is 1.82 bits per heavy atom. The number of aliphatic carboxylic acids is 1. The number of esters is 1. The Hall–Kier alpha value is -2.50. The molecule has 1 saturated carbocycles. The zero-order chi connectivity index (χ0) is 28.4. The predicted octanol–water partition coefficient (Wildman–Crippen LogP) is 6.25. The highest BCUT2D eigenvalue weighted by Gasteiger charge is 2.68. The quantitative estimate of drug-likeness (QED) is 0.326. The van der Waals surface area contributed by atoms with Gasteiger partial charge in [-0.15, -0.1) is 0 Å². The highest BCUT2D eigenvalue weighted by molar-refractivity contribution is 6.02. The molecule has 0 amide bonds. The third kappa shape index (κ3) is 4.05. The van der Waals surface area contributed by atoms with E-state index in [-0.39, 0.29) is 46.8 Å². The molecule has 1 N–H and O–H groups in total. The van der Waals surface area contributed by atoms with E-state index in [1.54, 1.807) is 19.1 Å². The number of Topliss-reactive ketones (excluding diaryl/α,β-unsaturated/α-hetero) is 1. The summed E-state index contributed by atoms with van der Waals surface area (Å²) in [7, 11) is 0. The number of allylic oxidation sites excluding steroid dienone is 5. The highest BCUT2D eigenvalue weighted by Crippen LogP contribution is 2.71. The fraction of sp³-hybridized carbons (Fsp3) is 0.688. The van der Waals surface area contributed by atoms with Crippen molar-refractivity contribution in [3.63, 3.8) is 0 Å². The lowest BCUT2D eigenvalue weighted by Crippen LogP contribution is -2.54. The summed E-state index contributed by atoms with van der Waals surface area (Å²) in [5.74, 6) is -0.794. The van der Waals surface area contributed by atoms with E-state index in [9.17, 15) is 24.3 Å². The number of carboxylic acids is 1. The molecule has 0 aromatic heterocycles. The molecule has 0 bridgehead atoms. The van der Waals surface area contributed by atoms with Gasteiger partial charge in [0, 0.05) is 41.2 Å². The van der Waals surface area contributed by atoms with Crippen LogP contribution in [0.1, 0.15) is 93.9 Å². The van der Waals surface area contributed by atoms with Gasteiger partial charge in [-0.2, -0.15) is 0 Å². The van der Waals surface area contributed by atoms with Crippen LogP contribution in [0.15, 0.2) is 34.9 Å². The van der Waals surface area contributed by atoms with Crippen molar-refractivity contribution in [2.45, 2.75) is 100 Å². The Morgan fingerprint density at radius 3 is 2.42 bits per heavy atom. The van der Waals surface area contributed by atoms with Crippen molar-refractivity contribution in [3.05, 3.63) is 34.9 Å². The maximum atomic E-state index is 14.2. The van der Waals surface area contributed by atoms with E-state index in [4.69, 9.17) is 4.74 Å². The average Bonchev–Trinajstić information content (AvgIpc) is 3.01. The van der Waals surface area contributed by atoms with E-state index in [0.29, 0.717) is 24.8 Å². The number of hydrogen-bond acceptors (Lipinski definition) is 5. The molecule has 208 valence electrons. The lowest BCUT2D eigenvalue weighted by Gasteiger charge is -2.58. The normalized spacial score (nSPS) is 38.8. The summed E-state index contributed by atoms with van der Waals surface area (Å²) in [6.45, 7) is 15.8. The van der Waals surface area contributed by atoms with Crippen molar-refractivity contribution in [3.8, 4) is 0 Å². The lowest BCUT2D eigenvalue weighted by molar-refractivity contribution is -0.150. The van der Waals surface area contributed by atoms with Gasteiger partial charge in [0.15, 0.2) is 11.6 Å². The molecule has 0 aromatic rings. The number of hydrogen-bond donors (Lipinski definition) is 1. The van der Waals surface area contributed by atoms with Gasteiger partial charge in [-0.25, -0.2) is 4.79 Å². The topological polar surface area (TPSA) is 97.7 Å². The maximum Gasteiger partial charge on any atom is 0.330 e. The lowest BCUT2D eigenvalue weighted by atomic mass is 9.44. The van der Waals surface area contributed by atoms with Crippen molar-refractivity contribution < 1.29 is 29.0 Å². The second-order valence-electron chi connectivity index (χ2n) is 13.6. The summed E-state index contributed by atoms with van der Waals surface area (Å²) in [5, 5.41) is 9.23. The summed E-state index contributed by atoms with van der Waals surface area (Å²) in [5.41, 5.74) is 0.658. The number of ketones is 2. The van der Waals surface area contributed by atoms with Crippen molar-refractivity contribution >= 4 is 23.5 Å². The van der Waals surface area contributed by atoms with Crippen LogP contribution >= 0.6 is 0 Å². The van der Waals surface area contributed by atoms with Gasteiger partial charge in [-0.3, -0.25) is 14.4 Å². The monoisotopic (exact) mass is 524 g/mol. The van der Waals surface area contributed by atoms with E-state index in [1.165, 1.54) is 12.5 Å².